The van der Waals surface area contributed by atoms with Crippen LogP contribution in [0.5, 0.6) is 0 Å². The van der Waals surface area contributed by atoms with Gasteiger partial charge in [-0.2, -0.15) is 0 Å². The number of rotatable bonds is 3. The molecule has 0 fully saturated rings. The van der Waals surface area contributed by atoms with E-state index in [-0.39, 0.29) is 6.04 Å². The van der Waals surface area contributed by atoms with E-state index in [1.807, 2.05) is 26.8 Å². The summed E-state index contributed by atoms with van der Waals surface area (Å²) in [7, 11) is -3.33. The Labute approximate surface area is 98.9 Å². The molecule has 0 bridgehead atoms. The lowest BCUT2D eigenvalue weighted by Gasteiger charge is -2.09. The average molecular weight is 243 g/mol. The third kappa shape index (κ3) is 4.77. The van der Waals surface area contributed by atoms with Gasteiger partial charge in [-0.25, -0.2) is 13.1 Å². The first-order valence-corrected chi connectivity index (χ1v) is 6.99. The van der Waals surface area contributed by atoms with Gasteiger partial charge in [-0.15, -0.1) is 0 Å². The molecule has 0 atom stereocenters. The average Bonchev–Trinajstić information content (AvgIpc) is 2.19. The molecule has 1 aromatic rings. The first kappa shape index (κ1) is 15.1. The van der Waals surface area contributed by atoms with Crippen LogP contribution in [0.4, 0.5) is 0 Å². The Morgan fingerprint density at radius 2 is 1.75 bits per heavy atom. The quantitative estimate of drug-likeness (QED) is 0.887. The summed E-state index contributed by atoms with van der Waals surface area (Å²) >= 11 is 0. The van der Waals surface area contributed by atoms with Gasteiger partial charge in [0.25, 0.3) is 0 Å². The minimum Gasteiger partial charge on any atom is -0.209 e. The highest BCUT2D eigenvalue weighted by atomic mass is 32.2. The van der Waals surface area contributed by atoms with Crippen LogP contribution < -0.4 is 4.72 Å². The molecule has 0 aliphatic heterocycles. The van der Waals surface area contributed by atoms with Crippen LogP contribution in [0.15, 0.2) is 29.2 Å². The van der Waals surface area contributed by atoms with E-state index in [2.05, 4.69) is 4.72 Å². The van der Waals surface area contributed by atoms with E-state index in [1.54, 1.807) is 32.0 Å². The Balaban J connectivity index is 0.00000106. The summed E-state index contributed by atoms with van der Waals surface area (Å²) in [5.74, 6) is 0. The zero-order chi connectivity index (χ0) is 12.8. The van der Waals surface area contributed by atoms with Gasteiger partial charge in [0.05, 0.1) is 4.90 Å². The highest BCUT2D eigenvalue weighted by molar-refractivity contribution is 7.89. The maximum atomic E-state index is 11.7. The molecule has 92 valence electrons. The van der Waals surface area contributed by atoms with Gasteiger partial charge < -0.3 is 0 Å². The third-order valence-electron chi connectivity index (χ3n) is 1.69. The molecule has 0 heterocycles. The minimum absolute atomic E-state index is 0.0829. The molecule has 1 aromatic carbocycles. The number of sulfonamides is 1. The second kappa shape index (κ2) is 6.66. The third-order valence-corrected chi connectivity index (χ3v) is 3.35. The minimum atomic E-state index is -3.33. The van der Waals surface area contributed by atoms with E-state index >= 15 is 0 Å². The molecule has 1 N–H and O–H groups in total. The highest BCUT2D eigenvalue weighted by Crippen LogP contribution is 2.10. The molecule has 0 radical (unpaired) electrons. The van der Waals surface area contributed by atoms with Crippen LogP contribution in [0, 0.1) is 6.92 Å². The summed E-state index contributed by atoms with van der Waals surface area (Å²) in [6, 6.07) is 6.78. The van der Waals surface area contributed by atoms with Gasteiger partial charge in [-0.1, -0.05) is 26.0 Å². The number of benzene rings is 1. The summed E-state index contributed by atoms with van der Waals surface area (Å²) in [5, 5.41) is 0. The fourth-order valence-electron chi connectivity index (χ4n) is 1.16. The summed E-state index contributed by atoms with van der Waals surface area (Å²) in [6.07, 6.45) is 0. The number of nitrogens with one attached hydrogen (secondary N) is 1. The number of hydrogen-bond donors (Lipinski definition) is 1. The van der Waals surface area contributed by atoms with Crippen molar-refractivity contribution < 1.29 is 8.42 Å². The van der Waals surface area contributed by atoms with E-state index < -0.39 is 10.0 Å². The molecule has 0 spiro atoms. The zero-order valence-electron chi connectivity index (χ0n) is 10.6. The summed E-state index contributed by atoms with van der Waals surface area (Å²) < 4.78 is 25.9. The first-order chi connectivity index (χ1) is 7.42. The first-order valence-electron chi connectivity index (χ1n) is 5.51. The molecule has 0 aliphatic rings. The van der Waals surface area contributed by atoms with Crippen molar-refractivity contribution in [1.29, 1.82) is 0 Å². The van der Waals surface area contributed by atoms with Crippen LogP contribution in [0.25, 0.3) is 0 Å². The molecule has 16 heavy (non-hydrogen) atoms. The topological polar surface area (TPSA) is 46.2 Å². The second-order valence-electron chi connectivity index (χ2n) is 3.59. The fraction of sp³-hybridized carbons (Fsp3) is 0.500. The largest absolute Gasteiger partial charge is 0.240 e. The van der Waals surface area contributed by atoms with Crippen molar-refractivity contribution in [2.75, 3.05) is 0 Å². The normalized spacial score (nSPS) is 10.9. The lowest BCUT2D eigenvalue weighted by Crippen LogP contribution is -2.30. The van der Waals surface area contributed by atoms with E-state index in [4.69, 9.17) is 0 Å². The Bertz CT molecular complexity index is 411. The Morgan fingerprint density at radius 3 is 2.19 bits per heavy atom. The Kier molecular flexibility index (Phi) is 6.29. The molecule has 0 saturated heterocycles. The summed E-state index contributed by atoms with van der Waals surface area (Å²) in [4.78, 5) is 0.325. The second-order valence-corrected chi connectivity index (χ2v) is 5.31. The van der Waals surface area contributed by atoms with Gasteiger partial charge in [0.1, 0.15) is 0 Å². The van der Waals surface area contributed by atoms with Crippen LogP contribution in [0.2, 0.25) is 0 Å². The highest BCUT2D eigenvalue weighted by Gasteiger charge is 2.14. The molecule has 1 rings (SSSR count). The Morgan fingerprint density at radius 1 is 1.19 bits per heavy atom. The van der Waals surface area contributed by atoms with Gasteiger partial charge in [0.15, 0.2) is 0 Å². The van der Waals surface area contributed by atoms with Crippen molar-refractivity contribution in [1.82, 2.24) is 4.72 Å². The van der Waals surface area contributed by atoms with Crippen molar-refractivity contribution in [2.45, 2.75) is 45.6 Å². The molecule has 0 aromatic heterocycles. The smallest absolute Gasteiger partial charge is 0.209 e. The molecule has 0 unspecified atom stereocenters. The fourth-order valence-corrected chi connectivity index (χ4v) is 2.52. The van der Waals surface area contributed by atoms with Crippen LogP contribution in [0.3, 0.4) is 0 Å². The maximum absolute atomic E-state index is 11.7. The van der Waals surface area contributed by atoms with Gasteiger partial charge in [-0.3, -0.25) is 0 Å². The maximum Gasteiger partial charge on any atom is 0.240 e. The molecule has 0 saturated carbocycles. The molecule has 3 nitrogen and oxygen atoms in total. The molecule has 4 heteroatoms. The van der Waals surface area contributed by atoms with Crippen molar-refractivity contribution >= 4 is 10.0 Å². The molecular formula is C12H21NO2S. The van der Waals surface area contributed by atoms with Crippen molar-refractivity contribution in [2.24, 2.45) is 0 Å². The van der Waals surface area contributed by atoms with Crippen molar-refractivity contribution in [3.63, 3.8) is 0 Å². The summed E-state index contributed by atoms with van der Waals surface area (Å²) in [6.45, 7) is 9.47. The molecule has 0 aliphatic carbocycles. The summed E-state index contributed by atoms with van der Waals surface area (Å²) in [5.41, 5.74) is 0.941. The van der Waals surface area contributed by atoms with Crippen molar-refractivity contribution in [3.8, 4) is 0 Å². The van der Waals surface area contributed by atoms with Crippen LogP contribution in [-0.2, 0) is 10.0 Å². The molecular weight excluding hydrogens is 222 g/mol. The molecule has 0 amide bonds. The van der Waals surface area contributed by atoms with Gasteiger partial charge in [0, 0.05) is 6.04 Å². The monoisotopic (exact) mass is 243 g/mol. The predicted molar refractivity (Wildman–Crippen MR) is 68.0 cm³/mol. The predicted octanol–water partition coefficient (Wildman–Crippen LogP) is 2.71. The van der Waals surface area contributed by atoms with Crippen LogP contribution in [-0.4, -0.2) is 14.5 Å². The lowest BCUT2D eigenvalue weighted by molar-refractivity contribution is 0.570. The van der Waals surface area contributed by atoms with E-state index in [1.165, 1.54) is 0 Å². The van der Waals surface area contributed by atoms with Gasteiger partial charge in [-0.05, 0) is 38.5 Å². The van der Waals surface area contributed by atoms with E-state index in [0.717, 1.165) is 5.56 Å². The SMILES string of the molecule is CC.Cc1cccc(S(=O)(=O)NC(C)C)c1. The van der Waals surface area contributed by atoms with Crippen LogP contribution in [0.1, 0.15) is 33.3 Å². The number of hydrogen-bond acceptors (Lipinski definition) is 2. The zero-order valence-corrected chi connectivity index (χ0v) is 11.4. The van der Waals surface area contributed by atoms with Crippen molar-refractivity contribution in [3.05, 3.63) is 29.8 Å². The van der Waals surface area contributed by atoms with Crippen LogP contribution >= 0.6 is 0 Å². The van der Waals surface area contributed by atoms with E-state index in [9.17, 15) is 8.42 Å². The van der Waals surface area contributed by atoms with E-state index in [0.29, 0.717) is 4.90 Å². The lowest BCUT2D eigenvalue weighted by atomic mass is 10.2. The Hall–Kier alpha value is -0.870. The van der Waals surface area contributed by atoms with Gasteiger partial charge in [0.2, 0.25) is 10.0 Å². The standard InChI is InChI=1S/C10H15NO2S.C2H6/c1-8(2)11-14(12,13)10-6-4-5-9(3)7-10;1-2/h4-8,11H,1-3H3;1-2H3. The van der Waals surface area contributed by atoms with Gasteiger partial charge >= 0.3 is 0 Å². The number of aryl methyl sites for hydroxylation is 1.